The fourth-order valence-electron chi connectivity index (χ4n) is 1.37. The van der Waals surface area contributed by atoms with Gasteiger partial charge in [-0.15, -0.1) is 11.6 Å². The second-order valence-electron chi connectivity index (χ2n) is 3.27. The van der Waals surface area contributed by atoms with E-state index in [9.17, 15) is 0 Å². The predicted molar refractivity (Wildman–Crippen MR) is 63.9 cm³/mol. The van der Waals surface area contributed by atoms with Gasteiger partial charge in [0, 0.05) is 17.5 Å². The third kappa shape index (κ3) is 3.60. The molecule has 78 valence electrons. The Kier molecular flexibility index (Phi) is 5.53. The summed E-state index contributed by atoms with van der Waals surface area (Å²) in [6.07, 6.45) is 0.957. The Bertz CT molecular complexity index is 278. The molecular weight excluding hydrogens is 263 g/mol. The minimum Gasteiger partial charge on any atom is -0.384 e. The van der Waals surface area contributed by atoms with Crippen molar-refractivity contribution in [3.05, 3.63) is 34.3 Å². The third-order valence-corrected chi connectivity index (χ3v) is 3.30. The minimum atomic E-state index is 0.389. The number of ether oxygens (including phenoxy) is 1. The van der Waals surface area contributed by atoms with Gasteiger partial charge in [0.1, 0.15) is 0 Å². The van der Waals surface area contributed by atoms with Crippen LogP contribution < -0.4 is 0 Å². The number of benzene rings is 1. The maximum Gasteiger partial charge on any atom is 0.0505 e. The van der Waals surface area contributed by atoms with Crippen molar-refractivity contribution in [1.82, 2.24) is 0 Å². The number of alkyl halides is 1. The summed E-state index contributed by atoms with van der Waals surface area (Å²) < 4.78 is 6.25. The van der Waals surface area contributed by atoms with Gasteiger partial charge in [-0.25, -0.2) is 0 Å². The van der Waals surface area contributed by atoms with E-state index in [0.717, 1.165) is 10.9 Å². The highest BCUT2D eigenvalue weighted by atomic mass is 79.9. The van der Waals surface area contributed by atoms with E-state index in [1.54, 1.807) is 7.11 Å². The van der Waals surface area contributed by atoms with Crippen molar-refractivity contribution < 1.29 is 4.74 Å². The van der Waals surface area contributed by atoms with Gasteiger partial charge in [-0.2, -0.15) is 0 Å². The molecule has 0 aromatic heterocycles. The lowest BCUT2D eigenvalue weighted by molar-refractivity contribution is 0.161. The second-order valence-corrected chi connectivity index (χ2v) is 4.43. The molecule has 0 aliphatic carbocycles. The Labute approximate surface area is 98.5 Å². The monoisotopic (exact) mass is 276 g/mol. The van der Waals surface area contributed by atoms with Gasteiger partial charge in [0.25, 0.3) is 0 Å². The molecule has 0 aliphatic rings. The van der Waals surface area contributed by atoms with Crippen molar-refractivity contribution in [3.63, 3.8) is 0 Å². The quantitative estimate of drug-likeness (QED) is 0.749. The van der Waals surface area contributed by atoms with E-state index in [0.29, 0.717) is 18.4 Å². The van der Waals surface area contributed by atoms with Gasteiger partial charge >= 0.3 is 0 Å². The zero-order chi connectivity index (χ0) is 10.4. The molecule has 0 bridgehead atoms. The summed E-state index contributed by atoms with van der Waals surface area (Å²) in [4.78, 5) is 0. The largest absolute Gasteiger partial charge is 0.384 e. The van der Waals surface area contributed by atoms with Gasteiger partial charge in [0.15, 0.2) is 0 Å². The normalized spacial score (nSPS) is 12.8. The van der Waals surface area contributed by atoms with Crippen molar-refractivity contribution in [1.29, 1.82) is 0 Å². The van der Waals surface area contributed by atoms with E-state index in [1.165, 1.54) is 5.56 Å². The smallest absolute Gasteiger partial charge is 0.0505 e. The van der Waals surface area contributed by atoms with Crippen LogP contribution in [0.15, 0.2) is 28.7 Å². The van der Waals surface area contributed by atoms with Crippen LogP contribution in [0.2, 0.25) is 0 Å². The summed E-state index contributed by atoms with van der Waals surface area (Å²) >= 11 is 9.37. The summed E-state index contributed by atoms with van der Waals surface area (Å²) in [5, 5.41) is 0. The number of halogens is 2. The summed E-state index contributed by atoms with van der Waals surface area (Å²) in [6, 6.07) is 8.21. The molecule has 1 nitrogen and oxygen atoms in total. The van der Waals surface area contributed by atoms with E-state index in [4.69, 9.17) is 16.3 Å². The summed E-state index contributed by atoms with van der Waals surface area (Å²) in [6.45, 7) is 0.713. The summed E-state index contributed by atoms with van der Waals surface area (Å²) in [5.41, 5.74) is 1.29. The zero-order valence-electron chi connectivity index (χ0n) is 8.17. The molecule has 0 fully saturated rings. The first-order chi connectivity index (χ1) is 6.77. The van der Waals surface area contributed by atoms with Crippen LogP contribution in [-0.2, 0) is 11.2 Å². The summed E-state index contributed by atoms with van der Waals surface area (Å²) in [5.74, 6) is 1.02. The van der Waals surface area contributed by atoms with Crippen molar-refractivity contribution in [2.24, 2.45) is 5.92 Å². The molecule has 0 saturated carbocycles. The Morgan fingerprint density at radius 3 is 2.71 bits per heavy atom. The highest BCUT2D eigenvalue weighted by molar-refractivity contribution is 9.10. The van der Waals surface area contributed by atoms with Crippen molar-refractivity contribution in [3.8, 4) is 0 Å². The van der Waals surface area contributed by atoms with Crippen LogP contribution >= 0.6 is 27.5 Å². The second kappa shape index (κ2) is 6.44. The molecule has 1 aromatic carbocycles. The van der Waals surface area contributed by atoms with Gasteiger partial charge in [0.05, 0.1) is 6.61 Å². The number of methoxy groups -OCH3 is 1. The minimum absolute atomic E-state index is 0.389. The molecule has 0 saturated heterocycles. The molecule has 3 heteroatoms. The molecule has 1 rings (SSSR count). The Morgan fingerprint density at radius 2 is 2.14 bits per heavy atom. The molecule has 1 aromatic rings. The van der Waals surface area contributed by atoms with Crippen LogP contribution in [0.1, 0.15) is 5.56 Å². The average molecular weight is 278 g/mol. The fraction of sp³-hybridized carbons (Fsp3) is 0.455. The van der Waals surface area contributed by atoms with Crippen LogP contribution in [0.25, 0.3) is 0 Å². The van der Waals surface area contributed by atoms with Crippen molar-refractivity contribution in [2.75, 3.05) is 19.6 Å². The van der Waals surface area contributed by atoms with Gasteiger partial charge < -0.3 is 4.74 Å². The molecule has 0 amide bonds. The lowest BCUT2D eigenvalue weighted by atomic mass is 10.0. The molecule has 14 heavy (non-hydrogen) atoms. The summed E-state index contributed by atoms with van der Waals surface area (Å²) in [7, 11) is 1.71. The van der Waals surface area contributed by atoms with Crippen LogP contribution in [0, 0.1) is 5.92 Å². The van der Waals surface area contributed by atoms with E-state index < -0.39 is 0 Å². The van der Waals surface area contributed by atoms with Gasteiger partial charge in [-0.1, -0.05) is 34.1 Å². The lowest BCUT2D eigenvalue weighted by Gasteiger charge is -2.13. The molecule has 0 N–H and O–H groups in total. The first-order valence-corrected chi connectivity index (χ1v) is 5.89. The lowest BCUT2D eigenvalue weighted by Crippen LogP contribution is -2.13. The number of hydrogen-bond donors (Lipinski definition) is 0. The molecule has 0 spiro atoms. The van der Waals surface area contributed by atoms with E-state index >= 15 is 0 Å². The fourth-order valence-corrected chi connectivity index (χ4v) is 2.01. The molecule has 0 heterocycles. The maximum absolute atomic E-state index is 5.85. The van der Waals surface area contributed by atoms with Crippen LogP contribution in [-0.4, -0.2) is 19.6 Å². The molecule has 1 unspecified atom stereocenters. The van der Waals surface area contributed by atoms with Gasteiger partial charge in [-0.05, 0) is 24.0 Å². The van der Waals surface area contributed by atoms with Crippen LogP contribution in [0.5, 0.6) is 0 Å². The average Bonchev–Trinajstić information content (AvgIpc) is 2.20. The zero-order valence-corrected chi connectivity index (χ0v) is 10.5. The van der Waals surface area contributed by atoms with Crippen LogP contribution in [0.4, 0.5) is 0 Å². The molecule has 1 atom stereocenters. The topological polar surface area (TPSA) is 9.23 Å². The highest BCUT2D eigenvalue weighted by Gasteiger charge is 2.09. The van der Waals surface area contributed by atoms with Crippen molar-refractivity contribution in [2.45, 2.75) is 6.42 Å². The predicted octanol–water partition coefficient (Wildman–Crippen LogP) is 3.49. The van der Waals surface area contributed by atoms with E-state index in [1.807, 2.05) is 18.2 Å². The van der Waals surface area contributed by atoms with Gasteiger partial charge in [-0.3, -0.25) is 0 Å². The first kappa shape index (κ1) is 12.0. The standard InChI is InChI=1S/C11H14BrClO/c1-14-8-9(7-13)6-10-4-2-3-5-11(10)12/h2-5,9H,6-8H2,1H3. The Hall–Kier alpha value is -0.0500. The van der Waals surface area contributed by atoms with E-state index in [2.05, 4.69) is 22.0 Å². The van der Waals surface area contributed by atoms with E-state index in [-0.39, 0.29) is 0 Å². The Balaban J connectivity index is 2.62. The molecule has 0 radical (unpaired) electrons. The van der Waals surface area contributed by atoms with Crippen LogP contribution in [0.3, 0.4) is 0 Å². The Morgan fingerprint density at radius 1 is 1.43 bits per heavy atom. The number of rotatable bonds is 5. The maximum atomic E-state index is 5.85. The first-order valence-electron chi connectivity index (χ1n) is 4.56. The molecular formula is C11H14BrClO. The highest BCUT2D eigenvalue weighted by Crippen LogP contribution is 2.20. The molecule has 0 aliphatic heterocycles. The van der Waals surface area contributed by atoms with Gasteiger partial charge in [0.2, 0.25) is 0 Å². The van der Waals surface area contributed by atoms with Crippen molar-refractivity contribution >= 4 is 27.5 Å². The number of hydrogen-bond acceptors (Lipinski definition) is 1. The SMILES string of the molecule is COCC(CCl)Cc1ccccc1Br. The third-order valence-electron chi connectivity index (χ3n) is 2.09.